The van der Waals surface area contributed by atoms with Crippen molar-refractivity contribution < 1.29 is 9.90 Å². The van der Waals surface area contributed by atoms with Gasteiger partial charge in [-0.05, 0) is 24.6 Å². The Labute approximate surface area is 119 Å². The van der Waals surface area contributed by atoms with E-state index >= 15 is 0 Å². The van der Waals surface area contributed by atoms with Crippen LogP contribution in [0.3, 0.4) is 0 Å². The largest absolute Gasteiger partial charge is 0.389 e. The summed E-state index contributed by atoms with van der Waals surface area (Å²) in [4.78, 5) is 25.0. The minimum Gasteiger partial charge on any atom is -0.389 e. The molecule has 1 heterocycles. The second kappa shape index (κ2) is 6.36. The molecule has 4 N–H and O–H groups in total. The van der Waals surface area contributed by atoms with Crippen molar-refractivity contribution in [1.82, 2.24) is 10.3 Å². The van der Waals surface area contributed by atoms with Crippen LogP contribution in [0.2, 0.25) is 0 Å². The van der Waals surface area contributed by atoms with E-state index in [9.17, 15) is 14.7 Å². The molecule has 106 valence electrons. The van der Waals surface area contributed by atoms with Crippen LogP contribution in [0, 0.1) is 0 Å². The topological polar surface area (TPSA) is 94.2 Å². The highest BCUT2D eigenvalue weighted by Crippen LogP contribution is 2.15. The highest BCUT2D eigenvalue weighted by atomic mass is 32.1. The first-order valence-electron chi connectivity index (χ1n) is 6.04. The Morgan fingerprint density at radius 2 is 2.10 bits per heavy atom. The molecule has 1 atom stereocenters. The maximum atomic E-state index is 11.7. The number of aromatic amines is 1. The molecule has 0 saturated carbocycles. The van der Waals surface area contributed by atoms with Crippen LogP contribution < -0.4 is 15.5 Å². The summed E-state index contributed by atoms with van der Waals surface area (Å²) in [5, 5.41) is 16.3. The molecule has 0 saturated heterocycles. The van der Waals surface area contributed by atoms with E-state index in [2.05, 4.69) is 15.6 Å². The van der Waals surface area contributed by atoms with Gasteiger partial charge in [-0.25, -0.2) is 4.79 Å². The van der Waals surface area contributed by atoms with Gasteiger partial charge in [0.05, 0.1) is 12.6 Å². The Bertz CT molecular complexity index is 631. The van der Waals surface area contributed by atoms with Gasteiger partial charge in [-0.3, -0.25) is 4.79 Å². The molecule has 20 heavy (non-hydrogen) atoms. The fraction of sp³-hybridized carbons (Fsp3) is 0.231. The standard InChI is InChI=1S/C13H15N3O3S/c1-8(17)9-2-4-10(5-3-9)15-12(18)14-6-11-7-20-13(19)16-11/h2-5,7-8,17H,6H2,1H3,(H,16,19)(H2,14,15,18). The Hall–Kier alpha value is -2.12. The van der Waals surface area contributed by atoms with Crippen molar-refractivity contribution in [3.63, 3.8) is 0 Å². The number of urea groups is 1. The van der Waals surface area contributed by atoms with E-state index in [1.54, 1.807) is 36.6 Å². The molecule has 1 unspecified atom stereocenters. The molecule has 0 radical (unpaired) electrons. The predicted octanol–water partition coefficient (Wildman–Crippen LogP) is 1.81. The number of rotatable bonds is 4. The summed E-state index contributed by atoms with van der Waals surface area (Å²) in [5.41, 5.74) is 2.08. The number of hydrogen-bond donors (Lipinski definition) is 4. The van der Waals surface area contributed by atoms with Crippen LogP contribution in [0.4, 0.5) is 10.5 Å². The van der Waals surface area contributed by atoms with Crippen molar-refractivity contribution in [3.05, 3.63) is 50.6 Å². The van der Waals surface area contributed by atoms with Crippen molar-refractivity contribution in [1.29, 1.82) is 0 Å². The molecular formula is C13H15N3O3S. The van der Waals surface area contributed by atoms with E-state index in [1.165, 1.54) is 0 Å². The summed E-state index contributed by atoms with van der Waals surface area (Å²) in [6, 6.07) is 6.57. The van der Waals surface area contributed by atoms with Gasteiger partial charge in [0.25, 0.3) is 0 Å². The molecule has 1 aromatic heterocycles. The lowest BCUT2D eigenvalue weighted by atomic mass is 10.1. The first-order chi connectivity index (χ1) is 9.54. The van der Waals surface area contributed by atoms with Crippen LogP contribution in [0.15, 0.2) is 34.4 Å². The molecule has 0 bridgehead atoms. The molecule has 0 spiro atoms. The van der Waals surface area contributed by atoms with Crippen molar-refractivity contribution >= 4 is 23.1 Å². The number of hydrogen-bond acceptors (Lipinski definition) is 4. The van der Waals surface area contributed by atoms with E-state index in [-0.39, 0.29) is 17.4 Å². The molecular weight excluding hydrogens is 278 g/mol. The molecule has 0 fully saturated rings. The summed E-state index contributed by atoms with van der Waals surface area (Å²) in [6.07, 6.45) is -0.534. The lowest BCUT2D eigenvalue weighted by molar-refractivity contribution is 0.199. The number of aliphatic hydroxyl groups excluding tert-OH is 1. The van der Waals surface area contributed by atoms with Gasteiger partial charge in [-0.1, -0.05) is 23.5 Å². The third-order valence-electron chi connectivity index (χ3n) is 2.66. The van der Waals surface area contributed by atoms with Crippen molar-refractivity contribution in [2.45, 2.75) is 19.6 Å². The fourth-order valence-electron chi connectivity index (χ4n) is 1.60. The zero-order valence-electron chi connectivity index (χ0n) is 10.8. The Balaban J connectivity index is 1.86. The number of nitrogens with one attached hydrogen (secondary N) is 3. The quantitative estimate of drug-likeness (QED) is 0.692. The molecule has 2 aromatic rings. The number of amides is 2. The minimum atomic E-state index is -0.534. The summed E-state index contributed by atoms with van der Waals surface area (Å²) in [7, 11) is 0. The first kappa shape index (κ1) is 14.3. The van der Waals surface area contributed by atoms with Gasteiger partial charge in [0.1, 0.15) is 0 Å². The van der Waals surface area contributed by atoms with Gasteiger partial charge in [0.15, 0.2) is 0 Å². The predicted molar refractivity (Wildman–Crippen MR) is 77.9 cm³/mol. The van der Waals surface area contributed by atoms with E-state index < -0.39 is 6.10 Å². The van der Waals surface area contributed by atoms with Crippen LogP contribution in [-0.4, -0.2) is 16.1 Å². The average molecular weight is 293 g/mol. The highest BCUT2D eigenvalue weighted by Gasteiger charge is 2.04. The van der Waals surface area contributed by atoms with Gasteiger partial charge >= 0.3 is 10.9 Å². The second-order valence-electron chi connectivity index (χ2n) is 4.28. The smallest absolute Gasteiger partial charge is 0.319 e. The van der Waals surface area contributed by atoms with Gasteiger partial charge in [0, 0.05) is 16.8 Å². The first-order valence-corrected chi connectivity index (χ1v) is 6.92. The van der Waals surface area contributed by atoms with Crippen molar-refractivity contribution in [3.8, 4) is 0 Å². The number of aromatic nitrogens is 1. The van der Waals surface area contributed by atoms with Crippen molar-refractivity contribution in [2.75, 3.05) is 5.32 Å². The number of carbonyl (C=O) groups excluding carboxylic acids is 1. The Kier molecular flexibility index (Phi) is 4.54. The van der Waals surface area contributed by atoms with E-state index in [1.807, 2.05) is 0 Å². The molecule has 7 heteroatoms. The van der Waals surface area contributed by atoms with Crippen LogP contribution in [-0.2, 0) is 6.54 Å². The Morgan fingerprint density at radius 3 is 2.65 bits per heavy atom. The molecule has 0 aliphatic heterocycles. The number of anilines is 1. The highest BCUT2D eigenvalue weighted by molar-refractivity contribution is 7.07. The third-order valence-corrected chi connectivity index (χ3v) is 3.38. The van der Waals surface area contributed by atoms with Crippen LogP contribution in [0.1, 0.15) is 24.3 Å². The Morgan fingerprint density at radius 1 is 1.40 bits per heavy atom. The zero-order chi connectivity index (χ0) is 14.5. The summed E-state index contributed by atoms with van der Waals surface area (Å²) < 4.78 is 0. The second-order valence-corrected chi connectivity index (χ2v) is 5.12. The van der Waals surface area contributed by atoms with E-state index in [4.69, 9.17) is 0 Å². The van der Waals surface area contributed by atoms with Gasteiger partial charge in [-0.15, -0.1) is 0 Å². The zero-order valence-corrected chi connectivity index (χ0v) is 11.7. The average Bonchev–Trinajstić information content (AvgIpc) is 2.83. The normalized spacial score (nSPS) is 11.9. The maximum Gasteiger partial charge on any atom is 0.319 e. The summed E-state index contributed by atoms with van der Waals surface area (Å²) >= 11 is 1.06. The molecule has 1 aromatic carbocycles. The number of H-pyrrole nitrogens is 1. The third kappa shape index (κ3) is 3.94. The number of benzene rings is 1. The maximum absolute atomic E-state index is 11.7. The summed E-state index contributed by atoms with van der Waals surface area (Å²) in [6.45, 7) is 1.94. The molecule has 0 aliphatic rings. The van der Waals surface area contributed by atoms with Crippen LogP contribution >= 0.6 is 11.3 Å². The van der Waals surface area contributed by atoms with E-state index in [0.717, 1.165) is 16.9 Å². The molecule has 0 aliphatic carbocycles. The molecule has 6 nitrogen and oxygen atoms in total. The van der Waals surface area contributed by atoms with Crippen molar-refractivity contribution in [2.24, 2.45) is 0 Å². The SMILES string of the molecule is CC(O)c1ccc(NC(=O)NCc2csc(=O)[nH]2)cc1. The van der Waals surface area contributed by atoms with Crippen LogP contribution in [0.25, 0.3) is 0 Å². The number of thiazole rings is 1. The molecule has 2 amide bonds. The number of aliphatic hydroxyl groups is 1. The fourth-order valence-corrected chi connectivity index (χ4v) is 2.18. The van der Waals surface area contributed by atoms with Gasteiger partial charge in [-0.2, -0.15) is 0 Å². The van der Waals surface area contributed by atoms with E-state index in [0.29, 0.717) is 11.4 Å². The summed E-state index contributed by atoms with van der Waals surface area (Å²) in [5.74, 6) is 0. The molecule has 2 rings (SSSR count). The lowest BCUT2D eigenvalue weighted by Gasteiger charge is -2.08. The monoisotopic (exact) mass is 293 g/mol. The van der Waals surface area contributed by atoms with Crippen LogP contribution in [0.5, 0.6) is 0 Å². The minimum absolute atomic E-state index is 0.143. The lowest BCUT2D eigenvalue weighted by Crippen LogP contribution is -2.28. The van der Waals surface area contributed by atoms with Gasteiger partial charge < -0.3 is 20.7 Å². The number of carbonyl (C=O) groups is 1. The van der Waals surface area contributed by atoms with Gasteiger partial charge in [0.2, 0.25) is 0 Å².